The maximum absolute atomic E-state index is 11.7. The predicted molar refractivity (Wildman–Crippen MR) is 89.0 cm³/mol. The molecule has 0 unspecified atom stereocenters. The number of hydrogen-bond acceptors (Lipinski definition) is 4. The number of pyridine rings is 1. The van der Waals surface area contributed by atoms with Gasteiger partial charge in [-0.2, -0.15) is 0 Å². The van der Waals surface area contributed by atoms with Gasteiger partial charge in [0.2, 0.25) is 0 Å². The number of hydrogen-bond donors (Lipinski definition) is 1. The fraction of sp³-hybridized carbons (Fsp3) is 0. The summed E-state index contributed by atoms with van der Waals surface area (Å²) in [5, 5.41) is 2.01. The number of nitrogens with one attached hydrogen (secondary N) is 1. The van der Waals surface area contributed by atoms with Crippen molar-refractivity contribution in [3.8, 4) is 11.4 Å². The van der Waals surface area contributed by atoms with Crippen LogP contribution in [0.2, 0.25) is 0 Å². The van der Waals surface area contributed by atoms with E-state index in [1.807, 2.05) is 35.7 Å². The van der Waals surface area contributed by atoms with Crippen LogP contribution >= 0.6 is 27.3 Å². The predicted octanol–water partition coefficient (Wildman–Crippen LogP) is 3.83. The van der Waals surface area contributed by atoms with Crippen molar-refractivity contribution < 1.29 is 0 Å². The van der Waals surface area contributed by atoms with E-state index in [1.54, 1.807) is 23.7 Å². The molecule has 0 radical (unpaired) electrons. The van der Waals surface area contributed by atoms with Gasteiger partial charge in [0.1, 0.15) is 5.82 Å². The minimum Gasteiger partial charge on any atom is -0.306 e. The quantitative estimate of drug-likeness (QED) is 0.772. The first-order valence-electron chi connectivity index (χ1n) is 6.14. The zero-order chi connectivity index (χ0) is 14.7. The van der Waals surface area contributed by atoms with E-state index in [2.05, 4.69) is 30.9 Å². The molecule has 0 aliphatic heterocycles. The number of nitrogens with zero attached hydrogens (tertiary/aromatic N) is 2. The number of thiophene rings is 1. The number of aromatic nitrogens is 3. The molecule has 0 fully saturated rings. The standard InChI is InChI=1S/C15H10BrN3OS/c16-11-7-13(21-9-11)2-1-12-8-14(20)19-15(18-12)10-3-5-17-6-4-10/h1-9H,(H,18,19,20)/b2-1+. The lowest BCUT2D eigenvalue weighted by Crippen LogP contribution is -2.08. The molecule has 0 spiro atoms. The molecule has 0 amide bonds. The molecule has 104 valence electrons. The van der Waals surface area contributed by atoms with Crippen LogP contribution in [0.15, 0.2) is 51.3 Å². The van der Waals surface area contributed by atoms with Crippen LogP contribution < -0.4 is 5.56 Å². The molecular formula is C15H10BrN3OS. The van der Waals surface area contributed by atoms with Crippen LogP contribution in [0.5, 0.6) is 0 Å². The van der Waals surface area contributed by atoms with Crippen LogP contribution in [0.1, 0.15) is 10.6 Å². The third kappa shape index (κ3) is 3.53. The third-order valence-electron chi connectivity index (χ3n) is 2.72. The molecule has 0 aliphatic carbocycles. The van der Waals surface area contributed by atoms with Gasteiger partial charge in [0.05, 0.1) is 5.69 Å². The highest BCUT2D eigenvalue weighted by molar-refractivity contribution is 9.10. The zero-order valence-corrected chi connectivity index (χ0v) is 13.2. The summed E-state index contributed by atoms with van der Waals surface area (Å²) in [5.41, 5.74) is 1.27. The third-order valence-corrected chi connectivity index (χ3v) is 4.38. The van der Waals surface area contributed by atoms with Crippen LogP contribution in [0.25, 0.3) is 23.5 Å². The van der Waals surface area contributed by atoms with E-state index >= 15 is 0 Å². The van der Waals surface area contributed by atoms with Crippen LogP contribution in [0.3, 0.4) is 0 Å². The second kappa shape index (κ2) is 6.15. The van der Waals surface area contributed by atoms with E-state index in [4.69, 9.17) is 0 Å². The summed E-state index contributed by atoms with van der Waals surface area (Å²) in [6.45, 7) is 0. The Bertz CT molecular complexity index is 839. The molecule has 21 heavy (non-hydrogen) atoms. The van der Waals surface area contributed by atoms with Crippen molar-refractivity contribution in [2.45, 2.75) is 0 Å². The van der Waals surface area contributed by atoms with Crippen LogP contribution in [-0.4, -0.2) is 15.0 Å². The first-order valence-corrected chi connectivity index (χ1v) is 7.82. The van der Waals surface area contributed by atoms with Gasteiger partial charge in [-0.05, 0) is 46.3 Å². The van der Waals surface area contributed by atoms with Crippen LogP contribution in [-0.2, 0) is 0 Å². The van der Waals surface area contributed by atoms with Crippen molar-refractivity contribution in [3.63, 3.8) is 0 Å². The van der Waals surface area contributed by atoms with E-state index in [1.165, 1.54) is 6.07 Å². The number of H-pyrrole nitrogens is 1. The molecule has 0 atom stereocenters. The van der Waals surface area contributed by atoms with Crippen molar-refractivity contribution in [1.29, 1.82) is 0 Å². The van der Waals surface area contributed by atoms with Gasteiger partial charge in [-0.15, -0.1) is 11.3 Å². The molecule has 0 bridgehead atoms. The summed E-state index contributed by atoms with van der Waals surface area (Å²) in [5.74, 6) is 0.539. The van der Waals surface area contributed by atoms with E-state index in [0.717, 1.165) is 14.9 Å². The first-order chi connectivity index (χ1) is 10.2. The van der Waals surface area contributed by atoms with Gasteiger partial charge in [-0.1, -0.05) is 0 Å². The topological polar surface area (TPSA) is 58.6 Å². The SMILES string of the molecule is O=c1cc(/C=C/c2cc(Br)cs2)nc(-c2ccncc2)[nH]1. The summed E-state index contributed by atoms with van der Waals surface area (Å²) in [4.78, 5) is 24.0. The molecule has 4 nitrogen and oxygen atoms in total. The van der Waals surface area contributed by atoms with E-state index in [-0.39, 0.29) is 5.56 Å². The molecule has 0 aliphatic rings. The smallest absolute Gasteiger partial charge is 0.251 e. The Hall–Kier alpha value is -2.05. The largest absolute Gasteiger partial charge is 0.306 e. The molecule has 3 heterocycles. The lowest BCUT2D eigenvalue weighted by molar-refractivity contribution is 1.11. The van der Waals surface area contributed by atoms with Gasteiger partial charge in [-0.25, -0.2) is 4.98 Å². The van der Waals surface area contributed by atoms with Crippen LogP contribution in [0.4, 0.5) is 0 Å². The van der Waals surface area contributed by atoms with Gasteiger partial charge < -0.3 is 4.98 Å². The molecule has 1 N–H and O–H groups in total. The average Bonchev–Trinajstić information content (AvgIpc) is 2.91. The Labute approximate surface area is 133 Å². The molecule has 0 saturated carbocycles. The normalized spacial score (nSPS) is 11.1. The summed E-state index contributed by atoms with van der Waals surface area (Å²) >= 11 is 5.03. The van der Waals surface area contributed by atoms with Crippen molar-refractivity contribution in [1.82, 2.24) is 15.0 Å². The summed E-state index contributed by atoms with van der Waals surface area (Å²) in [6, 6.07) is 7.10. The average molecular weight is 360 g/mol. The highest BCUT2D eigenvalue weighted by atomic mass is 79.9. The molecule has 0 saturated heterocycles. The fourth-order valence-corrected chi connectivity index (χ4v) is 3.13. The highest BCUT2D eigenvalue weighted by Gasteiger charge is 2.02. The Kier molecular flexibility index (Phi) is 4.08. The fourth-order valence-electron chi connectivity index (χ4n) is 1.79. The monoisotopic (exact) mass is 359 g/mol. The summed E-state index contributed by atoms with van der Waals surface area (Å²) in [7, 11) is 0. The Morgan fingerprint density at radius 2 is 2.00 bits per heavy atom. The zero-order valence-electron chi connectivity index (χ0n) is 10.8. The van der Waals surface area contributed by atoms with Gasteiger partial charge in [-0.3, -0.25) is 9.78 Å². The van der Waals surface area contributed by atoms with Crippen LogP contribution in [0, 0.1) is 0 Å². The van der Waals surface area contributed by atoms with Crippen molar-refractivity contribution in [3.05, 3.63) is 67.4 Å². The minimum absolute atomic E-state index is 0.177. The van der Waals surface area contributed by atoms with E-state index < -0.39 is 0 Å². The lowest BCUT2D eigenvalue weighted by atomic mass is 10.2. The maximum Gasteiger partial charge on any atom is 0.251 e. The Balaban J connectivity index is 1.95. The van der Waals surface area contributed by atoms with Gasteiger partial charge in [0.25, 0.3) is 5.56 Å². The number of aromatic amines is 1. The Morgan fingerprint density at radius 1 is 1.19 bits per heavy atom. The second-order valence-electron chi connectivity index (χ2n) is 4.26. The van der Waals surface area contributed by atoms with Gasteiger partial charge in [0.15, 0.2) is 0 Å². The highest BCUT2D eigenvalue weighted by Crippen LogP contribution is 2.21. The minimum atomic E-state index is -0.177. The molecule has 3 rings (SSSR count). The molecule has 3 aromatic rings. The molecule has 3 aromatic heterocycles. The van der Waals surface area contributed by atoms with Gasteiger partial charge in [0, 0.05) is 38.8 Å². The van der Waals surface area contributed by atoms with Crippen molar-refractivity contribution in [2.75, 3.05) is 0 Å². The lowest BCUT2D eigenvalue weighted by Gasteiger charge is -2.01. The van der Waals surface area contributed by atoms with E-state index in [9.17, 15) is 4.79 Å². The maximum atomic E-state index is 11.7. The summed E-state index contributed by atoms with van der Waals surface area (Å²) < 4.78 is 1.04. The van der Waals surface area contributed by atoms with Crippen molar-refractivity contribution in [2.24, 2.45) is 0 Å². The van der Waals surface area contributed by atoms with Gasteiger partial charge >= 0.3 is 0 Å². The molecule has 0 aromatic carbocycles. The summed E-state index contributed by atoms with van der Waals surface area (Å²) in [6.07, 6.45) is 7.10. The van der Waals surface area contributed by atoms with E-state index in [0.29, 0.717) is 11.5 Å². The number of rotatable bonds is 3. The van der Waals surface area contributed by atoms with Crippen molar-refractivity contribution >= 4 is 39.4 Å². The first kappa shape index (κ1) is 13.9. The molecular weight excluding hydrogens is 350 g/mol. The molecule has 6 heteroatoms. The number of halogens is 1. The Morgan fingerprint density at radius 3 is 2.71 bits per heavy atom. The second-order valence-corrected chi connectivity index (χ2v) is 6.11.